The average Bonchev–Trinajstić information content (AvgIpc) is 2.20. The molecule has 0 unspecified atom stereocenters. The molecule has 0 aliphatic rings. The minimum Gasteiger partial charge on any atom is -0.480 e. The zero-order valence-electron chi connectivity index (χ0n) is 9.25. The Labute approximate surface area is 101 Å². The first-order chi connectivity index (χ1) is 8.23. The van der Waals surface area contributed by atoms with Gasteiger partial charge in [-0.05, 0) is 0 Å². The van der Waals surface area contributed by atoms with Crippen molar-refractivity contribution in [2.45, 2.75) is 24.9 Å². The summed E-state index contributed by atoms with van der Waals surface area (Å²) in [4.78, 5) is 42.5. The summed E-state index contributed by atoms with van der Waals surface area (Å²) in [6, 6.07) is -2.81. The van der Waals surface area contributed by atoms with E-state index in [1.165, 1.54) is 0 Å². The number of nitrogens with one attached hydrogen (secondary N) is 2. The van der Waals surface area contributed by atoms with Crippen LogP contribution in [0.2, 0.25) is 0 Å². The maximum Gasteiger partial charge on any atom is 0.322 e. The molecule has 0 bridgehead atoms. The molecule has 0 aromatic rings. The van der Waals surface area contributed by atoms with Gasteiger partial charge in [-0.3, -0.25) is 19.2 Å². The molecular formula is C8H14N4O6. The molecule has 102 valence electrons. The molecule has 0 aliphatic heterocycles. The summed E-state index contributed by atoms with van der Waals surface area (Å²) in [5.74, 6) is -4.55. The molecule has 10 nitrogen and oxygen atoms in total. The normalized spacial score (nSPS) is 13.6. The number of carboxylic acid groups (broad SMARTS) is 2. The first-order valence-corrected chi connectivity index (χ1v) is 4.77. The number of hydrogen-bond donors (Lipinski definition) is 6. The second-order valence-corrected chi connectivity index (χ2v) is 3.41. The summed E-state index contributed by atoms with van der Waals surface area (Å²) in [7, 11) is 0. The van der Waals surface area contributed by atoms with E-state index >= 15 is 0 Å². The van der Waals surface area contributed by atoms with Crippen LogP contribution in [0.25, 0.3) is 0 Å². The number of carbonyl (C=O) groups excluding carboxylic acids is 2. The van der Waals surface area contributed by atoms with Gasteiger partial charge in [0.05, 0.1) is 12.8 Å². The Hall–Kier alpha value is -2.20. The Balaban J connectivity index is 4.45. The molecule has 0 aliphatic carbocycles. The zero-order valence-corrected chi connectivity index (χ0v) is 9.25. The SMILES string of the molecule is NC(=O)C[C@H](NN[C@@H](CC(N)=O)C(=O)O)C(=O)O. The lowest BCUT2D eigenvalue weighted by molar-refractivity contribution is -0.144. The summed E-state index contributed by atoms with van der Waals surface area (Å²) >= 11 is 0. The highest BCUT2D eigenvalue weighted by molar-refractivity contribution is 5.84. The summed E-state index contributed by atoms with van der Waals surface area (Å²) in [5, 5.41) is 17.4. The van der Waals surface area contributed by atoms with Gasteiger partial charge in [0.15, 0.2) is 0 Å². The second-order valence-electron chi connectivity index (χ2n) is 3.41. The van der Waals surface area contributed by atoms with Crippen LogP contribution in [0.5, 0.6) is 0 Å². The van der Waals surface area contributed by atoms with Crippen molar-refractivity contribution in [1.82, 2.24) is 10.9 Å². The van der Waals surface area contributed by atoms with Crippen LogP contribution in [0.3, 0.4) is 0 Å². The molecule has 8 N–H and O–H groups in total. The van der Waals surface area contributed by atoms with Gasteiger partial charge in [-0.2, -0.15) is 0 Å². The predicted molar refractivity (Wildman–Crippen MR) is 56.7 cm³/mol. The molecule has 0 saturated heterocycles. The molecule has 2 amide bonds. The number of carboxylic acids is 2. The number of rotatable bonds is 9. The van der Waals surface area contributed by atoms with E-state index in [1.54, 1.807) is 0 Å². The molecule has 0 heterocycles. The first kappa shape index (κ1) is 15.8. The van der Waals surface area contributed by atoms with E-state index in [4.69, 9.17) is 21.7 Å². The Bertz CT molecular complexity index is 323. The third-order valence-electron chi connectivity index (χ3n) is 1.84. The zero-order chi connectivity index (χ0) is 14.3. The monoisotopic (exact) mass is 262 g/mol. The van der Waals surface area contributed by atoms with Gasteiger partial charge >= 0.3 is 11.9 Å². The van der Waals surface area contributed by atoms with Gasteiger partial charge in [-0.15, -0.1) is 0 Å². The van der Waals surface area contributed by atoms with Crippen molar-refractivity contribution in [2.24, 2.45) is 11.5 Å². The largest absolute Gasteiger partial charge is 0.480 e. The van der Waals surface area contributed by atoms with Gasteiger partial charge in [-0.25, -0.2) is 10.9 Å². The molecular weight excluding hydrogens is 248 g/mol. The number of amides is 2. The fraction of sp³-hybridized carbons (Fsp3) is 0.500. The highest BCUT2D eigenvalue weighted by Gasteiger charge is 2.24. The molecule has 0 fully saturated rings. The van der Waals surface area contributed by atoms with Gasteiger partial charge in [-0.1, -0.05) is 0 Å². The summed E-state index contributed by atoms with van der Waals surface area (Å²) in [6.45, 7) is 0. The fourth-order valence-corrected chi connectivity index (χ4v) is 1.00. The molecule has 2 atom stereocenters. The van der Waals surface area contributed by atoms with E-state index in [0.29, 0.717) is 0 Å². The molecule has 10 heteroatoms. The molecule has 0 saturated carbocycles. The van der Waals surface area contributed by atoms with Crippen LogP contribution in [-0.4, -0.2) is 46.0 Å². The second kappa shape index (κ2) is 7.19. The van der Waals surface area contributed by atoms with Gasteiger partial charge in [0.2, 0.25) is 11.8 Å². The van der Waals surface area contributed by atoms with Crippen LogP contribution < -0.4 is 22.3 Å². The molecule has 0 radical (unpaired) electrons. The molecule has 0 aromatic heterocycles. The van der Waals surface area contributed by atoms with Crippen molar-refractivity contribution in [3.05, 3.63) is 0 Å². The third-order valence-corrected chi connectivity index (χ3v) is 1.84. The van der Waals surface area contributed by atoms with Gasteiger partial charge < -0.3 is 21.7 Å². The number of carbonyl (C=O) groups is 4. The van der Waals surface area contributed by atoms with Crippen molar-refractivity contribution < 1.29 is 29.4 Å². The molecule has 0 rings (SSSR count). The molecule has 18 heavy (non-hydrogen) atoms. The highest BCUT2D eigenvalue weighted by atomic mass is 16.4. The minimum absolute atomic E-state index is 0.536. The number of primary amides is 2. The summed E-state index contributed by atoms with van der Waals surface area (Å²) in [5.41, 5.74) is 13.8. The van der Waals surface area contributed by atoms with Crippen LogP contribution in [-0.2, 0) is 19.2 Å². The Morgan fingerprint density at radius 2 is 1.11 bits per heavy atom. The smallest absolute Gasteiger partial charge is 0.322 e. The van der Waals surface area contributed by atoms with Crippen molar-refractivity contribution >= 4 is 23.8 Å². The number of nitrogens with two attached hydrogens (primary N) is 2. The van der Waals surface area contributed by atoms with Crippen LogP contribution in [0.15, 0.2) is 0 Å². The van der Waals surface area contributed by atoms with Crippen LogP contribution in [0.4, 0.5) is 0 Å². The lowest BCUT2D eigenvalue weighted by Crippen LogP contribution is -2.54. The summed E-state index contributed by atoms with van der Waals surface area (Å²) in [6.07, 6.45) is -1.07. The van der Waals surface area contributed by atoms with E-state index in [-0.39, 0.29) is 0 Å². The Morgan fingerprint density at radius 3 is 1.28 bits per heavy atom. The summed E-state index contributed by atoms with van der Waals surface area (Å²) < 4.78 is 0. The van der Waals surface area contributed by atoms with Crippen molar-refractivity contribution in [1.29, 1.82) is 0 Å². The van der Waals surface area contributed by atoms with E-state index in [2.05, 4.69) is 10.9 Å². The highest BCUT2D eigenvalue weighted by Crippen LogP contribution is 1.94. The molecule has 0 spiro atoms. The minimum atomic E-state index is -1.41. The Kier molecular flexibility index (Phi) is 6.31. The lowest BCUT2D eigenvalue weighted by Gasteiger charge is -2.17. The Morgan fingerprint density at radius 1 is 0.833 bits per heavy atom. The quantitative estimate of drug-likeness (QED) is 0.234. The van der Waals surface area contributed by atoms with Crippen LogP contribution in [0, 0.1) is 0 Å². The third kappa shape index (κ3) is 6.40. The molecule has 0 aromatic carbocycles. The van der Waals surface area contributed by atoms with E-state index in [9.17, 15) is 19.2 Å². The topological polar surface area (TPSA) is 185 Å². The van der Waals surface area contributed by atoms with Crippen LogP contribution in [0.1, 0.15) is 12.8 Å². The number of hydrazine groups is 1. The lowest BCUT2D eigenvalue weighted by atomic mass is 10.2. The fourth-order valence-electron chi connectivity index (χ4n) is 1.00. The average molecular weight is 262 g/mol. The van der Waals surface area contributed by atoms with Crippen molar-refractivity contribution in [3.63, 3.8) is 0 Å². The van der Waals surface area contributed by atoms with E-state index in [0.717, 1.165) is 0 Å². The van der Waals surface area contributed by atoms with Gasteiger partial charge in [0.1, 0.15) is 12.1 Å². The van der Waals surface area contributed by atoms with E-state index in [1.807, 2.05) is 0 Å². The van der Waals surface area contributed by atoms with Crippen molar-refractivity contribution in [3.8, 4) is 0 Å². The predicted octanol–water partition coefficient (Wildman–Crippen LogP) is -3.26. The maximum atomic E-state index is 10.7. The maximum absolute atomic E-state index is 10.7. The van der Waals surface area contributed by atoms with E-state index < -0.39 is 48.7 Å². The number of hydrogen-bond acceptors (Lipinski definition) is 6. The van der Waals surface area contributed by atoms with Crippen LogP contribution >= 0.6 is 0 Å². The van der Waals surface area contributed by atoms with Gasteiger partial charge in [0.25, 0.3) is 0 Å². The van der Waals surface area contributed by atoms with Gasteiger partial charge in [0, 0.05) is 0 Å². The van der Waals surface area contributed by atoms with Crippen molar-refractivity contribution in [2.75, 3.05) is 0 Å². The standard InChI is InChI=1S/C8H14N4O6/c9-5(13)1-3(7(15)16)11-12-4(8(17)18)2-6(10)14/h3-4,11-12H,1-2H2,(H2,9,13)(H2,10,14)(H,15,16)(H,17,18)/t3-,4-/m0/s1. The number of aliphatic carboxylic acids is 2. The first-order valence-electron chi connectivity index (χ1n) is 4.77.